The molecule has 18 heavy (non-hydrogen) atoms. The van der Waals surface area contributed by atoms with Gasteiger partial charge in [0.05, 0.1) is 0 Å². The molecular weight excluding hydrogens is 230 g/mol. The van der Waals surface area contributed by atoms with Crippen molar-refractivity contribution in [2.45, 2.75) is 19.8 Å². The molecule has 96 valence electrons. The number of nitrogens with zero attached hydrogens (tertiary/aromatic N) is 2. The summed E-state index contributed by atoms with van der Waals surface area (Å²) in [7, 11) is 0. The molecule has 0 saturated carbocycles. The highest BCUT2D eigenvalue weighted by molar-refractivity contribution is 5.55. The van der Waals surface area contributed by atoms with Crippen LogP contribution in [-0.2, 0) is 6.42 Å². The van der Waals surface area contributed by atoms with Crippen LogP contribution in [0.1, 0.15) is 19.2 Å². The molecule has 0 aliphatic carbocycles. The van der Waals surface area contributed by atoms with E-state index in [-0.39, 0.29) is 5.75 Å². The number of benzene rings is 1. The maximum atomic E-state index is 9.21. The summed E-state index contributed by atoms with van der Waals surface area (Å²) in [4.78, 5) is 4.32. The second-order valence-corrected chi connectivity index (χ2v) is 4.44. The Morgan fingerprint density at radius 1 is 1.33 bits per heavy atom. The van der Waals surface area contributed by atoms with E-state index in [9.17, 15) is 5.11 Å². The lowest BCUT2D eigenvalue weighted by atomic mass is 10.1. The van der Waals surface area contributed by atoms with Gasteiger partial charge in [0, 0.05) is 12.0 Å². The van der Waals surface area contributed by atoms with Gasteiger partial charge < -0.3 is 15.4 Å². The van der Waals surface area contributed by atoms with Gasteiger partial charge in [-0.25, -0.2) is 0 Å². The lowest BCUT2D eigenvalue weighted by Crippen LogP contribution is -2.11. The predicted octanol–water partition coefficient (Wildman–Crippen LogP) is 1.97. The minimum atomic E-state index is 0.222. The minimum absolute atomic E-state index is 0.222. The highest BCUT2D eigenvalue weighted by atomic mass is 16.5. The van der Waals surface area contributed by atoms with Gasteiger partial charge in [-0.3, -0.25) is 0 Å². The van der Waals surface area contributed by atoms with Crippen LogP contribution in [0.15, 0.2) is 28.8 Å². The molecule has 1 aromatic heterocycles. The first kappa shape index (κ1) is 12.6. The van der Waals surface area contributed by atoms with Gasteiger partial charge >= 0.3 is 0 Å². The van der Waals surface area contributed by atoms with Crippen LogP contribution in [0.3, 0.4) is 0 Å². The monoisotopic (exact) mass is 247 g/mol. The first-order valence-corrected chi connectivity index (χ1v) is 6.01. The Morgan fingerprint density at radius 3 is 2.72 bits per heavy atom. The summed E-state index contributed by atoms with van der Waals surface area (Å²) in [5.74, 6) is 1.84. The highest BCUT2D eigenvalue weighted by Gasteiger charge is 2.09. The Hall–Kier alpha value is -1.88. The molecule has 1 atom stereocenters. The third-order valence-electron chi connectivity index (χ3n) is 2.85. The molecule has 2 aromatic rings. The summed E-state index contributed by atoms with van der Waals surface area (Å²) in [6.07, 6.45) is 1.68. The van der Waals surface area contributed by atoms with E-state index in [1.807, 2.05) is 0 Å². The number of hydrogen-bond donors (Lipinski definition) is 2. The zero-order chi connectivity index (χ0) is 13.0. The summed E-state index contributed by atoms with van der Waals surface area (Å²) in [5.41, 5.74) is 6.38. The van der Waals surface area contributed by atoms with E-state index >= 15 is 0 Å². The molecular formula is C13H17N3O2. The Labute approximate surface area is 106 Å². The molecule has 5 heteroatoms. The first-order valence-electron chi connectivity index (χ1n) is 6.01. The van der Waals surface area contributed by atoms with Crippen molar-refractivity contribution in [3.8, 4) is 17.1 Å². The third-order valence-corrected chi connectivity index (χ3v) is 2.85. The van der Waals surface area contributed by atoms with Crippen molar-refractivity contribution >= 4 is 0 Å². The topological polar surface area (TPSA) is 85.2 Å². The number of nitrogens with two attached hydrogens (primary N) is 1. The number of rotatable bonds is 5. The van der Waals surface area contributed by atoms with Crippen molar-refractivity contribution in [2.24, 2.45) is 11.7 Å². The molecule has 2 rings (SSSR count). The Bertz CT molecular complexity index is 493. The Morgan fingerprint density at radius 2 is 2.06 bits per heavy atom. The maximum absolute atomic E-state index is 9.21. The molecule has 1 heterocycles. The van der Waals surface area contributed by atoms with Gasteiger partial charge in [0.1, 0.15) is 5.75 Å². The number of phenols is 1. The Balaban J connectivity index is 2.03. The lowest BCUT2D eigenvalue weighted by molar-refractivity contribution is 0.366. The fourth-order valence-electron chi connectivity index (χ4n) is 1.57. The third kappa shape index (κ3) is 3.07. The molecule has 3 N–H and O–H groups in total. The van der Waals surface area contributed by atoms with Gasteiger partial charge in [0.15, 0.2) is 0 Å². The minimum Gasteiger partial charge on any atom is -0.508 e. The molecule has 5 nitrogen and oxygen atoms in total. The van der Waals surface area contributed by atoms with E-state index < -0.39 is 0 Å². The second kappa shape index (κ2) is 5.64. The number of phenolic OH excluding ortho intramolecular Hbond substituents is 1. The van der Waals surface area contributed by atoms with Gasteiger partial charge in [-0.2, -0.15) is 4.98 Å². The molecule has 0 aliphatic rings. The van der Waals surface area contributed by atoms with Crippen molar-refractivity contribution in [3.63, 3.8) is 0 Å². The van der Waals surface area contributed by atoms with Crippen LogP contribution in [0.5, 0.6) is 5.75 Å². The van der Waals surface area contributed by atoms with Crippen LogP contribution in [0.4, 0.5) is 0 Å². The quantitative estimate of drug-likeness (QED) is 0.843. The van der Waals surface area contributed by atoms with E-state index in [0.29, 0.717) is 24.2 Å². The van der Waals surface area contributed by atoms with E-state index in [4.69, 9.17) is 10.3 Å². The molecule has 0 spiro atoms. The zero-order valence-electron chi connectivity index (χ0n) is 10.3. The number of hydrogen-bond acceptors (Lipinski definition) is 5. The smallest absolute Gasteiger partial charge is 0.226 e. The molecule has 0 aliphatic heterocycles. The standard InChI is InChI=1S/C13H17N3O2/c1-9(8-14)2-7-12-15-13(16-18-12)10-3-5-11(17)6-4-10/h3-6,9,17H,2,7-8,14H2,1H3. The van der Waals surface area contributed by atoms with Gasteiger partial charge in [-0.05, 0) is 43.1 Å². The Kier molecular flexibility index (Phi) is 3.94. The summed E-state index contributed by atoms with van der Waals surface area (Å²) < 4.78 is 5.18. The van der Waals surface area contributed by atoms with E-state index in [0.717, 1.165) is 18.4 Å². The number of aromatic nitrogens is 2. The van der Waals surface area contributed by atoms with Crippen LogP contribution in [-0.4, -0.2) is 21.8 Å². The first-order chi connectivity index (χ1) is 8.69. The normalized spacial score (nSPS) is 12.6. The summed E-state index contributed by atoms with van der Waals surface area (Å²) >= 11 is 0. The molecule has 0 bridgehead atoms. The second-order valence-electron chi connectivity index (χ2n) is 4.44. The van der Waals surface area contributed by atoms with Crippen molar-refractivity contribution < 1.29 is 9.63 Å². The van der Waals surface area contributed by atoms with Crippen molar-refractivity contribution in [2.75, 3.05) is 6.54 Å². The van der Waals surface area contributed by atoms with Gasteiger partial charge in [-0.15, -0.1) is 0 Å². The summed E-state index contributed by atoms with van der Waals surface area (Å²) in [5, 5.41) is 13.1. The van der Waals surface area contributed by atoms with E-state index in [2.05, 4.69) is 17.1 Å². The predicted molar refractivity (Wildman–Crippen MR) is 67.9 cm³/mol. The molecule has 0 radical (unpaired) electrons. The maximum Gasteiger partial charge on any atom is 0.226 e. The van der Waals surface area contributed by atoms with Crippen LogP contribution in [0, 0.1) is 5.92 Å². The zero-order valence-corrected chi connectivity index (χ0v) is 10.3. The van der Waals surface area contributed by atoms with Crippen LogP contribution in [0.2, 0.25) is 0 Å². The highest BCUT2D eigenvalue weighted by Crippen LogP contribution is 2.19. The van der Waals surface area contributed by atoms with E-state index in [1.54, 1.807) is 24.3 Å². The van der Waals surface area contributed by atoms with Gasteiger partial charge in [-0.1, -0.05) is 12.1 Å². The summed E-state index contributed by atoms with van der Waals surface area (Å²) in [6.45, 7) is 2.76. The van der Waals surface area contributed by atoms with Crippen molar-refractivity contribution in [1.29, 1.82) is 0 Å². The van der Waals surface area contributed by atoms with Gasteiger partial charge in [0.25, 0.3) is 0 Å². The molecule has 0 amide bonds. The van der Waals surface area contributed by atoms with Gasteiger partial charge in [0.2, 0.25) is 11.7 Å². The SMILES string of the molecule is CC(CN)CCc1nc(-c2ccc(O)cc2)no1. The fourth-order valence-corrected chi connectivity index (χ4v) is 1.57. The average Bonchev–Trinajstić information content (AvgIpc) is 2.85. The van der Waals surface area contributed by atoms with Crippen LogP contribution < -0.4 is 5.73 Å². The molecule has 0 fully saturated rings. The van der Waals surface area contributed by atoms with Crippen molar-refractivity contribution in [3.05, 3.63) is 30.2 Å². The molecule has 1 aromatic carbocycles. The average molecular weight is 247 g/mol. The number of aromatic hydroxyl groups is 1. The van der Waals surface area contributed by atoms with Crippen LogP contribution in [0.25, 0.3) is 11.4 Å². The number of aryl methyl sites for hydroxylation is 1. The molecule has 0 saturated heterocycles. The summed E-state index contributed by atoms with van der Waals surface area (Å²) in [6, 6.07) is 6.71. The van der Waals surface area contributed by atoms with E-state index in [1.165, 1.54) is 0 Å². The van der Waals surface area contributed by atoms with Crippen LogP contribution >= 0.6 is 0 Å². The molecule has 1 unspecified atom stereocenters. The lowest BCUT2D eigenvalue weighted by Gasteiger charge is -2.03. The largest absolute Gasteiger partial charge is 0.508 e. The fraction of sp³-hybridized carbons (Fsp3) is 0.385. The van der Waals surface area contributed by atoms with Crippen molar-refractivity contribution in [1.82, 2.24) is 10.1 Å².